The molecule has 2 aromatic carbocycles. The summed E-state index contributed by atoms with van der Waals surface area (Å²) in [4.78, 5) is 26.3. The maximum atomic E-state index is 12.8. The van der Waals surface area contributed by atoms with Gasteiger partial charge in [0.1, 0.15) is 18.9 Å². The summed E-state index contributed by atoms with van der Waals surface area (Å²) in [5.74, 6) is 0.814. The van der Waals surface area contributed by atoms with Crippen LogP contribution in [-0.4, -0.2) is 36.5 Å². The maximum Gasteiger partial charge on any atom is 0.325 e. The molecule has 0 bridgehead atoms. The van der Waals surface area contributed by atoms with E-state index in [4.69, 9.17) is 9.47 Å². The van der Waals surface area contributed by atoms with Gasteiger partial charge in [0.2, 0.25) is 0 Å². The average molecular weight is 367 g/mol. The highest BCUT2D eigenvalue weighted by atomic mass is 16.5. The first-order valence-electron chi connectivity index (χ1n) is 9.37. The van der Waals surface area contributed by atoms with E-state index in [1.54, 1.807) is 24.0 Å². The molecular weight excluding hydrogens is 342 g/mol. The summed E-state index contributed by atoms with van der Waals surface area (Å²) in [6.07, 6.45) is 2.23. The number of nitrogens with zero attached hydrogens (tertiary/aromatic N) is 1. The van der Waals surface area contributed by atoms with E-state index in [2.05, 4.69) is 0 Å². The Morgan fingerprint density at radius 1 is 1.04 bits per heavy atom. The zero-order chi connectivity index (χ0) is 19.1. The first-order valence-corrected chi connectivity index (χ1v) is 9.37. The first kappa shape index (κ1) is 19.0. The lowest BCUT2D eigenvalue weighted by molar-refractivity contribution is -0.143. The smallest absolute Gasteiger partial charge is 0.325 e. The molecule has 0 spiro atoms. The van der Waals surface area contributed by atoms with Crippen LogP contribution in [0, 0.1) is 5.92 Å². The molecule has 0 radical (unpaired) electrons. The molecule has 0 unspecified atom stereocenters. The van der Waals surface area contributed by atoms with E-state index >= 15 is 0 Å². The second kappa shape index (κ2) is 9.21. The Balaban J connectivity index is 1.60. The molecular formula is C22H25NO4. The van der Waals surface area contributed by atoms with E-state index in [9.17, 15) is 9.59 Å². The number of hydrogen-bond acceptors (Lipinski definition) is 4. The molecule has 5 heteroatoms. The molecule has 0 atom stereocenters. The third-order valence-corrected chi connectivity index (χ3v) is 4.44. The molecule has 5 nitrogen and oxygen atoms in total. The van der Waals surface area contributed by atoms with Gasteiger partial charge in [-0.1, -0.05) is 30.3 Å². The fourth-order valence-electron chi connectivity index (χ4n) is 2.80. The highest BCUT2D eigenvalue weighted by Gasteiger charge is 2.28. The molecule has 1 aliphatic carbocycles. The number of para-hydroxylation sites is 1. The van der Waals surface area contributed by atoms with Crippen molar-refractivity contribution in [2.24, 2.45) is 5.92 Å². The van der Waals surface area contributed by atoms with Crippen LogP contribution in [0.3, 0.4) is 0 Å². The second-order valence-corrected chi connectivity index (χ2v) is 6.73. The van der Waals surface area contributed by atoms with Crippen molar-refractivity contribution in [1.82, 2.24) is 4.90 Å². The van der Waals surface area contributed by atoms with Crippen molar-refractivity contribution in [3.05, 3.63) is 65.7 Å². The Kier molecular flexibility index (Phi) is 6.47. The molecule has 1 fully saturated rings. The molecule has 0 N–H and O–H groups in total. The normalized spacial score (nSPS) is 13.1. The number of rotatable bonds is 9. The van der Waals surface area contributed by atoms with Crippen molar-refractivity contribution in [2.45, 2.75) is 26.4 Å². The monoisotopic (exact) mass is 367 g/mol. The van der Waals surface area contributed by atoms with Crippen molar-refractivity contribution < 1.29 is 19.1 Å². The van der Waals surface area contributed by atoms with Crippen LogP contribution < -0.4 is 4.74 Å². The van der Waals surface area contributed by atoms with Gasteiger partial charge in [-0.05, 0) is 55.5 Å². The number of ether oxygens (including phenoxy) is 2. The minimum absolute atomic E-state index is 0.00203. The number of carbonyl (C=O) groups is 2. The summed E-state index contributed by atoms with van der Waals surface area (Å²) in [6.45, 7) is 3.13. The third-order valence-electron chi connectivity index (χ3n) is 4.44. The van der Waals surface area contributed by atoms with Crippen molar-refractivity contribution in [3.8, 4) is 5.75 Å². The van der Waals surface area contributed by atoms with Crippen molar-refractivity contribution >= 4 is 11.9 Å². The summed E-state index contributed by atoms with van der Waals surface area (Å²) in [5, 5.41) is 0. The van der Waals surface area contributed by atoms with E-state index in [0.717, 1.165) is 24.2 Å². The minimum Gasteiger partial charge on any atom is -0.489 e. The topological polar surface area (TPSA) is 55.8 Å². The maximum absolute atomic E-state index is 12.8. The van der Waals surface area contributed by atoms with Gasteiger partial charge in [0.25, 0.3) is 5.91 Å². The zero-order valence-electron chi connectivity index (χ0n) is 15.6. The highest BCUT2D eigenvalue weighted by molar-refractivity contribution is 5.96. The predicted octanol–water partition coefficient (Wildman–Crippen LogP) is 3.68. The van der Waals surface area contributed by atoms with Crippen LogP contribution in [0.25, 0.3) is 0 Å². The standard InChI is InChI=1S/C22H25NO4/c1-2-26-21(24)15-23(14-17-8-9-17)22(25)19-12-10-18(11-13-19)16-27-20-6-4-3-5-7-20/h3-7,10-13,17H,2,8-9,14-16H2,1H3. The Labute approximate surface area is 159 Å². The predicted molar refractivity (Wildman–Crippen MR) is 102 cm³/mol. The van der Waals surface area contributed by atoms with Gasteiger partial charge in [-0.3, -0.25) is 9.59 Å². The molecule has 1 amide bonds. The summed E-state index contributed by atoms with van der Waals surface area (Å²) < 4.78 is 10.7. The molecule has 1 aliphatic rings. The first-order chi connectivity index (χ1) is 13.2. The lowest BCUT2D eigenvalue weighted by Gasteiger charge is -2.21. The summed E-state index contributed by atoms with van der Waals surface area (Å²) in [6, 6.07) is 17.0. The molecule has 0 saturated heterocycles. The molecule has 3 rings (SSSR count). The van der Waals surface area contributed by atoms with Crippen molar-refractivity contribution in [1.29, 1.82) is 0 Å². The number of esters is 1. The zero-order valence-corrected chi connectivity index (χ0v) is 15.6. The molecule has 0 aromatic heterocycles. The van der Waals surface area contributed by atoms with Crippen LogP contribution in [0.5, 0.6) is 5.75 Å². The quantitative estimate of drug-likeness (QED) is 0.635. The summed E-state index contributed by atoms with van der Waals surface area (Å²) in [7, 11) is 0. The number of benzene rings is 2. The van der Waals surface area contributed by atoms with Crippen LogP contribution >= 0.6 is 0 Å². The average Bonchev–Trinajstić information content (AvgIpc) is 3.51. The second-order valence-electron chi connectivity index (χ2n) is 6.73. The van der Waals surface area contributed by atoms with Crippen molar-refractivity contribution in [3.63, 3.8) is 0 Å². The van der Waals surface area contributed by atoms with E-state index in [-0.39, 0.29) is 18.4 Å². The lowest BCUT2D eigenvalue weighted by atomic mass is 10.1. The van der Waals surface area contributed by atoms with Crippen LogP contribution in [-0.2, 0) is 16.1 Å². The van der Waals surface area contributed by atoms with Gasteiger partial charge >= 0.3 is 5.97 Å². The van der Waals surface area contributed by atoms with Crippen LogP contribution in [0.2, 0.25) is 0 Å². The van der Waals surface area contributed by atoms with Gasteiger partial charge in [-0.2, -0.15) is 0 Å². The highest BCUT2D eigenvalue weighted by Crippen LogP contribution is 2.30. The Morgan fingerprint density at radius 2 is 1.74 bits per heavy atom. The lowest BCUT2D eigenvalue weighted by Crippen LogP contribution is -2.38. The van der Waals surface area contributed by atoms with Crippen molar-refractivity contribution in [2.75, 3.05) is 19.7 Å². The van der Waals surface area contributed by atoms with E-state index in [1.165, 1.54) is 0 Å². The summed E-state index contributed by atoms with van der Waals surface area (Å²) >= 11 is 0. The van der Waals surface area contributed by atoms with E-state index in [0.29, 0.717) is 31.2 Å². The van der Waals surface area contributed by atoms with Crippen LogP contribution in [0.1, 0.15) is 35.7 Å². The van der Waals surface area contributed by atoms with Crippen LogP contribution in [0.4, 0.5) is 0 Å². The molecule has 27 heavy (non-hydrogen) atoms. The number of carbonyl (C=O) groups excluding carboxylic acids is 2. The van der Waals surface area contributed by atoms with Gasteiger partial charge in [-0.25, -0.2) is 0 Å². The number of hydrogen-bond donors (Lipinski definition) is 0. The van der Waals surface area contributed by atoms with E-state index in [1.807, 2.05) is 42.5 Å². The third kappa shape index (κ3) is 5.84. The molecule has 1 saturated carbocycles. The molecule has 142 valence electrons. The Bertz CT molecular complexity index is 754. The Morgan fingerprint density at radius 3 is 2.37 bits per heavy atom. The largest absolute Gasteiger partial charge is 0.489 e. The minimum atomic E-state index is -0.362. The van der Waals surface area contributed by atoms with Gasteiger partial charge in [0.15, 0.2) is 0 Å². The van der Waals surface area contributed by atoms with Gasteiger partial charge < -0.3 is 14.4 Å². The Hall–Kier alpha value is -2.82. The molecule has 2 aromatic rings. The van der Waals surface area contributed by atoms with Gasteiger partial charge in [0.05, 0.1) is 6.61 Å². The fourth-order valence-corrected chi connectivity index (χ4v) is 2.80. The number of amides is 1. The van der Waals surface area contributed by atoms with E-state index < -0.39 is 0 Å². The molecule has 0 heterocycles. The molecule has 0 aliphatic heterocycles. The van der Waals surface area contributed by atoms with Gasteiger partial charge in [-0.15, -0.1) is 0 Å². The fraction of sp³-hybridized carbons (Fsp3) is 0.364. The van der Waals surface area contributed by atoms with Gasteiger partial charge in [0, 0.05) is 12.1 Å². The van der Waals surface area contributed by atoms with Crippen LogP contribution in [0.15, 0.2) is 54.6 Å². The summed E-state index contributed by atoms with van der Waals surface area (Å²) in [5.41, 5.74) is 1.55. The SMILES string of the molecule is CCOC(=O)CN(CC1CC1)C(=O)c1ccc(COc2ccccc2)cc1.